The molecule has 2 N–H and O–H groups in total. The fraction of sp³-hybridized carbons (Fsp3) is 0.556. The number of anilines is 1. The molecule has 1 saturated heterocycles. The van der Waals surface area contributed by atoms with Gasteiger partial charge in [-0.3, -0.25) is 4.79 Å². The average molecular weight is 479 g/mol. The highest BCUT2D eigenvalue weighted by Crippen LogP contribution is 2.38. The molecule has 1 aliphatic heterocycles. The van der Waals surface area contributed by atoms with Crippen molar-refractivity contribution in [2.24, 2.45) is 0 Å². The van der Waals surface area contributed by atoms with Gasteiger partial charge in [-0.25, -0.2) is 13.6 Å². The maximum Gasteiger partial charge on any atom is 0.405 e. The van der Waals surface area contributed by atoms with Gasteiger partial charge in [0.2, 0.25) is 5.91 Å². The molecule has 0 aliphatic carbocycles. The number of hydrogen-bond donors (Lipinski definition) is 2. The van der Waals surface area contributed by atoms with Gasteiger partial charge in [-0.2, -0.15) is 0 Å². The summed E-state index contributed by atoms with van der Waals surface area (Å²) in [4.78, 5) is 24.9. The van der Waals surface area contributed by atoms with Crippen molar-refractivity contribution in [2.75, 3.05) is 11.5 Å². The highest BCUT2D eigenvalue weighted by atomic mass is 79.9. The Morgan fingerprint density at radius 2 is 1.96 bits per heavy atom. The second-order valence-electron chi connectivity index (χ2n) is 8.37. The van der Waals surface area contributed by atoms with E-state index in [1.807, 2.05) is 13.1 Å². The largest absolute Gasteiger partial charge is 0.465 e. The van der Waals surface area contributed by atoms with Crippen LogP contribution in [0.25, 0.3) is 0 Å². The van der Waals surface area contributed by atoms with Gasteiger partial charge in [-0.1, -0.05) is 20.8 Å². The van der Waals surface area contributed by atoms with Crippen LogP contribution >= 0.6 is 15.9 Å². The van der Waals surface area contributed by atoms with E-state index in [0.29, 0.717) is 0 Å². The first-order valence-corrected chi connectivity index (χ1v) is 12.6. The van der Waals surface area contributed by atoms with E-state index in [9.17, 15) is 18.4 Å². The molecule has 2 amide bonds. The number of carboxylic acid groups (broad SMARTS) is 1. The molecular weight excluding hydrogens is 454 g/mol. The standard InChI is InChI=1S/C18H25BrF2N2O4Si/c1-18(2,3)28(4,5)27-9-10-8-12(22-17(25)26)16(24)23(10)13-7-6-11(19)14(20)15(13)21/h6-7,10,12,22H,8-9H2,1-5H3,(H,25,26)/t10-,12+/m0/s1. The lowest BCUT2D eigenvalue weighted by atomic mass is 10.2. The van der Waals surface area contributed by atoms with Crippen molar-refractivity contribution in [1.82, 2.24) is 5.32 Å². The molecule has 0 saturated carbocycles. The number of nitrogens with zero attached hydrogens (tertiary/aromatic N) is 1. The third-order valence-electron chi connectivity index (χ3n) is 5.42. The van der Waals surface area contributed by atoms with E-state index < -0.39 is 44.0 Å². The molecule has 2 rings (SSSR count). The smallest absolute Gasteiger partial charge is 0.405 e. The second kappa shape index (κ2) is 8.07. The van der Waals surface area contributed by atoms with Crippen molar-refractivity contribution in [1.29, 1.82) is 0 Å². The first-order valence-electron chi connectivity index (χ1n) is 8.86. The lowest BCUT2D eigenvalue weighted by Gasteiger charge is -2.38. The Kier molecular flexibility index (Phi) is 6.56. The predicted molar refractivity (Wildman–Crippen MR) is 108 cm³/mol. The quantitative estimate of drug-likeness (QED) is 0.482. The second-order valence-corrected chi connectivity index (χ2v) is 14.0. The SMILES string of the molecule is CC(C)(C)[Si](C)(C)OC[C@@H]1C[C@@H](NC(=O)O)C(=O)N1c1ccc(Br)c(F)c1F. The number of benzene rings is 1. The van der Waals surface area contributed by atoms with Crippen molar-refractivity contribution in [2.45, 2.75) is 57.4 Å². The van der Waals surface area contributed by atoms with Crippen LogP contribution in [0.2, 0.25) is 18.1 Å². The van der Waals surface area contributed by atoms with Crippen LogP contribution in [0.3, 0.4) is 0 Å². The molecule has 1 aromatic rings. The molecule has 0 spiro atoms. The summed E-state index contributed by atoms with van der Waals surface area (Å²) in [7, 11) is -2.16. The zero-order valence-corrected chi connectivity index (χ0v) is 19.1. The molecule has 28 heavy (non-hydrogen) atoms. The minimum absolute atomic E-state index is 0.0605. The molecular formula is C18H25BrF2N2O4Si. The minimum Gasteiger partial charge on any atom is -0.465 e. The number of hydrogen-bond acceptors (Lipinski definition) is 3. The molecule has 156 valence electrons. The molecule has 1 fully saturated rings. The van der Waals surface area contributed by atoms with Crippen molar-refractivity contribution >= 4 is 41.9 Å². The number of halogens is 3. The van der Waals surface area contributed by atoms with Crippen molar-refractivity contribution in [3.05, 3.63) is 28.2 Å². The zero-order chi connectivity index (χ0) is 21.4. The molecule has 10 heteroatoms. The van der Waals surface area contributed by atoms with Gasteiger partial charge >= 0.3 is 6.09 Å². The van der Waals surface area contributed by atoms with Crippen LogP contribution in [0.15, 0.2) is 16.6 Å². The summed E-state index contributed by atoms with van der Waals surface area (Å²) < 4.78 is 34.7. The van der Waals surface area contributed by atoms with Crippen molar-refractivity contribution < 1.29 is 27.9 Å². The fourth-order valence-corrected chi connectivity index (χ4v) is 4.12. The summed E-state index contributed by atoms with van der Waals surface area (Å²) in [5, 5.41) is 11.1. The normalized spacial score (nSPS) is 20.6. The van der Waals surface area contributed by atoms with E-state index in [4.69, 9.17) is 9.53 Å². The summed E-state index contributed by atoms with van der Waals surface area (Å²) in [6.07, 6.45) is -1.25. The van der Waals surface area contributed by atoms with Gasteiger partial charge in [-0.05, 0) is 52.6 Å². The van der Waals surface area contributed by atoms with Gasteiger partial charge in [0.1, 0.15) is 6.04 Å². The summed E-state index contributed by atoms with van der Waals surface area (Å²) in [6, 6.07) is 0.943. The van der Waals surface area contributed by atoms with Crippen molar-refractivity contribution in [3.8, 4) is 0 Å². The number of carbonyl (C=O) groups excluding carboxylic acids is 1. The van der Waals surface area contributed by atoms with Crippen LogP contribution in [0, 0.1) is 11.6 Å². The predicted octanol–water partition coefficient (Wildman–Crippen LogP) is 4.49. The third-order valence-corrected chi connectivity index (χ3v) is 10.5. The summed E-state index contributed by atoms with van der Waals surface area (Å²) >= 11 is 2.91. The first kappa shape index (κ1) is 22.8. The maximum absolute atomic E-state index is 14.5. The lowest BCUT2D eigenvalue weighted by molar-refractivity contribution is -0.118. The van der Waals surface area contributed by atoms with E-state index >= 15 is 0 Å². The monoisotopic (exact) mass is 478 g/mol. The highest BCUT2D eigenvalue weighted by molar-refractivity contribution is 9.10. The molecule has 6 nitrogen and oxygen atoms in total. The molecule has 0 unspecified atom stereocenters. The van der Waals surface area contributed by atoms with Gasteiger partial charge < -0.3 is 19.7 Å². The number of nitrogens with one attached hydrogen (secondary N) is 1. The number of carbonyl (C=O) groups is 2. The van der Waals surface area contributed by atoms with Crippen LogP contribution in [-0.4, -0.2) is 44.1 Å². The van der Waals surface area contributed by atoms with Gasteiger partial charge in [0.25, 0.3) is 0 Å². The molecule has 1 aliphatic rings. The Balaban J connectivity index is 2.36. The van der Waals surface area contributed by atoms with Crippen LogP contribution in [-0.2, 0) is 9.22 Å². The highest BCUT2D eigenvalue weighted by Gasteiger charge is 2.45. The summed E-state index contributed by atoms with van der Waals surface area (Å²) in [5.74, 6) is -2.91. The van der Waals surface area contributed by atoms with Gasteiger partial charge in [0.05, 0.1) is 22.8 Å². The van der Waals surface area contributed by atoms with E-state index in [-0.39, 0.29) is 28.2 Å². The molecule has 2 atom stereocenters. The van der Waals surface area contributed by atoms with E-state index in [0.717, 1.165) is 4.90 Å². The third kappa shape index (κ3) is 4.55. The Morgan fingerprint density at radius 1 is 1.36 bits per heavy atom. The van der Waals surface area contributed by atoms with Gasteiger partial charge in [-0.15, -0.1) is 0 Å². The Hall–Kier alpha value is -1.52. The summed E-state index contributed by atoms with van der Waals surface area (Å²) in [5.41, 5.74) is -0.232. The number of rotatable bonds is 5. The number of amides is 2. The van der Waals surface area contributed by atoms with E-state index in [2.05, 4.69) is 42.0 Å². The topological polar surface area (TPSA) is 78.9 Å². The van der Waals surface area contributed by atoms with E-state index in [1.165, 1.54) is 12.1 Å². The molecule has 1 aromatic carbocycles. The van der Waals surface area contributed by atoms with Crippen molar-refractivity contribution in [3.63, 3.8) is 0 Å². The zero-order valence-electron chi connectivity index (χ0n) is 16.5. The average Bonchev–Trinajstić information content (AvgIpc) is 2.85. The first-order chi connectivity index (χ1) is 12.8. The van der Waals surface area contributed by atoms with Gasteiger partial charge in [0, 0.05) is 0 Å². The Morgan fingerprint density at radius 3 is 2.50 bits per heavy atom. The van der Waals surface area contributed by atoms with Crippen LogP contribution in [0.4, 0.5) is 19.3 Å². The molecule has 0 radical (unpaired) electrons. The van der Waals surface area contributed by atoms with Crippen LogP contribution in [0.5, 0.6) is 0 Å². The molecule has 1 heterocycles. The van der Waals surface area contributed by atoms with Crippen LogP contribution in [0.1, 0.15) is 27.2 Å². The maximum atomic E-state index is 14.5. The lowest BCUT2D eigenvalue weighted by Crippen LogP contribution is -2.46. The summed E-state index contributed by atoms with van der Waals surface area (Å²) in [6.45, 7) is 10.4. The molecule has 0 bridgehead atoms. The Labute approximate surface area is 172 Å². The van der Waals surface area contributed by atoms with E-state index in [1.54, 1.807) is 0 Å². The minimum atomic E-state index is -2.16. The van der Waals surface area contributed by atoms with Gasteiger partial charge in [0.15, 0.2) is 20.0 Å². The van der Waals surface area contributed by atoms with Crippen LogP contribution < -0.4 is 10.2 Å². The Bertz CT molecular complexity index is 786. The fourth-order valence-electron chi connectivity index (χ4n) is 2.78. The molecule has 0 aromatic heterocycles.